The van der Waals surface area contributed by atoms with Crippen LogP contribution in [0.4, 0.5) is 13.2 Å². The van der Waals surface area contributed by atoms with Gasteiger partial charge in [0.15, 0.2) is 0 Å². The van der Waals surface area contributed by atoms with E-state index in [0.717, 1.165) is 29.5 Å². The van der Waals surface area contributed by atoms with Crippen LogP contribution in [-0.4, -0.2) is 88.5 Å². The summed E-state index contributed by atoms with van der Waals surface area (Å²) in [7, 11) is -3.93. The normalized spacial score (nSPS) is 21.5. The van der Waals surface area contributed by atoms with E-state index in [1.54, 1.807) is 65.7 Å². The molecule has 2 aromatic heterocycles. The fourth-order valence-corrected chi connectivity index (χ4v) is 10.7. The molecule has 5 atom stereocenters. The number of pyridine rings is 1. The monoisotopic (exact) mass is 825 g/mol. The number of likely N-dealkylation sites (tertiary alicyclic amines) is 1. The molecule has 2 aromatic carbocycles. The zero-order valence-corrected chi connectivity index (χ0v) is 32.9. The molecule has 3 aliphatic heterocycles. The van der Waals surface area contributed by atoms with Crippen LogP contribution in [0, 0.1) is 0 Å². The van der Waals surface area contributed by atoms with Gasteiger partial charge in [-0.05, 0) is 91.9 Å². The van der Waals surface area contributed by atoms with Crippen molar-refractivity contribution in [1.29, 1.82) is 0 Å². The SMILES string of the molecule is C[C@H](NP(=O)(Cc1ccc2sc(C(=O)N[C@H]3CCC[C@H]4CC[C@@H](C(=O)N5CC(c6cccnc6)C5)N4C3=O)cc2c1)Oc1ccccc1)C(=O)OCCC(F)(F)F. The Balaban J connectivity index is 1.01. The Labute approximate surface area is 331 Å². The van der Waals surface area contributed by atoms with Gasteiger partial charge in [-0.15, -0.1) is 11.3 Å². The first-order chi connectivity index (χ1) is 27.2. The summed E-state index contributed by atoms with van der Waals surface area (Å²) in [4.78, 5) is 62.0. The number of benzene rings is 2. The zero-order chi connectivity index (χ0) is 40.3. The van der Waals surface area contributed by atoms with E-state index in [1.807, 2.05) is 23.2 Å². The van der Waals surface area contributed by atoms with Gasteiger partial charge in [0.05, 0.1) is 24.1 Å². The minimum atomic E-state index is -4.50. The van der Waals surface area contributed by atoms with Gasteiger partial charge in [0, 0.05) is 42.1 Å². The first-order valence-corrected chi connectivity index (χ1v) is 21.6. The molecule has 0 saturated carbocycles. The first-order valence-electron chi connectivity index (χ1n) is 18.9. The molecule has 3 saturated heterocycles. The van der Waals surface area contributed by atoms with E-state index in [4.69, 9.17) is 9.26 Å². The number of thiophene rings is 1. The number of carbonyl (C=O) groups excluding carboxylic acids is 4. The number of fused-ring (bicyclic) bond motifs is 2. The Bertz CT molecular complexity index is 2150. The molecule has 0 radical (unpaired) electrons. The number of para-hydroxylation sites is 1. The number of aromatic nitrogens is 1. The van der Waals surface area contributed by atoms with Crippen LogP contribution >= 0.6 is 18.9 Å². The van der Waals surface area contributed by atoms with Gasteiger partial charge in [-0.3, -0.25) is 28.7 Å². The van der Waals surface area contributed by atoms with E-state index >= 15 is 0 Å². The molecule has 12 nitrogen and oxygen atoms in total. The molecular formula is C40H43F3N5O7PS. The fourth-order valence-electron chi connectivity index (χ4n) is 7.70. The number of ether oxygens (including phenoxy) is 1. The van der Waals surface area contributed by atoms with Crippen molar-refractivity contribution < 1.29 is 46.2 Å². The smallest absolute Gasteiger partial charge is 0.392 e. The topological polar surface area (TPSA) is 147 Å². The number of hydrogen-bond donors (Lipinski definition) is 2. The minimum absolute atomic E-state index is 0.0501. The van der Waals surface area contributed by atoms with Crippen molar-refractivity contribution in [2.75, 3.05) is 19.7 Å². The molecule has 0 bridgehead atoms. The quantitative estimate of drug-likeness (QED) is 0.110. The van der Waals surface area contributed by atoms with Gasteiger partial charge < -0.3 is 24.4 Å². The fraction of sp³-hybridized carbons (Fsp3) is 0.425. The number of esters is 1. The third-order valence-corrected chi connectivity index (χ3v) is 13.8. The van der Waals surface area contributed by atoms with E-state index in [-0.39, 0.29) is 35.7 Å². The lowest BCUT2D eigenvalue weighted by atomic mass is 9.92. The molecule has 5 heterocycles. The van der Waals surface area contributed by atoms with Gasteiger partial charge in [0.1, 0.15) is 23.9 Å². The summed E-state index contributed by atoms with van der Waals surface area (Å²) in [6.07, 6.45) is 0.796. The third-order valence-electron chi connectivity index (χ3n) is 10.6. The summed E-state index contributed by atoms with van der Waals surface area (Å²) < 4.78 is 63.5. The second-order valence-corrected chi connectivity index (χ2v) is 18.0. The lowest BCUT2D eigenvalue weighted by Crippen LogP contribution is -2.58. The average Bonchev–Trinajstić information content (AvgIpc) is 3.74. The number of alkyl halides is 3. The second kappa shape index (κ2) is 17.0. The van der Waals surface area contributed by atoms with Crippen molar-refractivity contribution >= 4 is 52.6 Å². The van der Waals surface area contributed by atoms with Crippen LogP contribution in [-0.2, 0) is 29.8 Å². The van der Waals surface area contributed by atoms with E-state index in [2.05, 4.69) is 15.4 Å². The van der Waals surface area contributed by atoms with Gasteiger partial charge in [-0.25, -0.2) is 5.09 Å². The van der Waals surface area contributed by atoms with Crippen LogP contribution in [0.15, 0.2) is 79.1 Å². The zero-order valence-electron chi connectivity index (χ0n) is 31.2. The van der Waals surface area contributed by atoms with Crippen molar-refractivity contribution in [3.8, 4) is 5.75 Å². The Morgan fingerprint density at radius 1 is 1.02 bits per heavy atom. The van der Waals surface area contributed by atoms with Crippen molar-refractivity contribution in [2.45, 2.75) is 87.9 Å². The summed E-state index contributed by atoms with van der Waals surface area (Å²) in [6, 6.07) is 16.4. The van der Waals surface area contributed by atoms with Gasteiger partial charge in [0.2, 0.25) is 11.8 Å². The van der Waals surface area contributed by atoms with Crippen molar-refractivity contribution in [2.24, 2.45) is 0 Å². The number of nitrogens with one attached hydrogen (secondary N) is 2. The minimum Gasteiger partial charge on any atom is -0.464 e. The first kappa shape index (κ1) is 40.4. The summed E-state index contributed by atoms with van der Waals surface area (Å²) in [5.41, 5.74) is 1.63. The largest absolute Gasteiger partial charge is 0.464 e. The molecule has 0 spiro atoms. The molecule has 17 heteroatoms. The summed E-state index contributed by atoms with van der Waals surface area (Å²) in [5.74, 6) is -1.26. The Morgan fingerprint density at radius 3 is 2.54 bits per heavy atom. The van der Waals surface area contributed by atoms with Crippen LogP contribution in [0.3, 0.4) is 0 Å². The Kier molecular flexibility index (Phi) is 12.0. The highest BCUT2D eigenvalue weighted by Gasteiger charge is 2.47. The highest BCUT2D eigenvalue weighted by molar-refractivity contribution is 7.56. The number of hydrogen-bond acceptors (Lipinski definition) is 9. The molecule has 2 N–H and O–H groups in total. The van der Waals surface area contributed by atoms with Crippen LogP contribution < -0.4 is 14.9 Å². The average molecular weight is 826 g/mol. The van der Waals surface area contributed by atoms with Crippen LogP contribution in [0.5, 0.6) is 5.75 Å². The number of nitrogens with zero attached hydrogens (tertiary/aromatic N) is 3. The highest BCUT2D eigenvalue weighted by Crippen LogP contribution is 2.47. The Morgan fingerprint density at radius 2 is 1.81 bits per heavy atom. The van der Waals surface area contributed by atoms with E-state index in [9.17, 15) is 36.9 Å². The van der Waals surface area contributed by atoms with E-state index < -0.39 is 56.7 Å². The molecule has 4 aromatic rings. The Hall–Kier alpha value is -4.79. The van der Waals surface area contributed by atoms with Crippen LogP contribution in [0.25, 0.3) is 10.1 Å². The summed E-state index contributed by atoms with van der Waals surface area (Å²) >= 11 is 1.23. The predicted octanol–water partition coefficient (Wildman–Crippen LogP) is 6.81. The van der Waals surface area contributed by atoms with Gasteiger partial charge in [-0.1, -0.05) is 30.3 Å². The van der Waals surface area contributed by atoms with Crippen molar-refractivity contribution in [3.05, 3.63) is 95.1 Å². The molecule has 302 valence electrons. The molecule has 3 amide bonds. The lowest BCUT2D eigenvalue weighted by Gasteiger charge is -2.42. The number of rotatable bonds is 13. The molecule has 7 rings (SSSR count). The highest BCUT2D eigenvalue weighted by atomic mass is 32.1. The maximum Gasteiger partial charge on any atom is 0.392 e. The summed E-state index contributed by atoms with van der Waals surface area (Å²) in [5, 5.41) is 6.28. The maximum absolute atomic E-state index is 14.3. The lowest BCUT2D eigenvalue weighted by molar-refractivity contribution is -0.160. The second-order valence-electron chi connectivity index (χ2n) is 14.8. The van der Waals surface area contributed by atoms with Gasteiger partial charge in [-0.2, -0.15) is 13.2 Å². The van der Waals surface area contributed by atoms with E-state index in [1.165, 1.54) is 18.3 Å². The van der Waals surface area contributed by atoms with E-state index in [0.29, 0.717) is 41.8 Å². The van der Waals surface area contributed by atoms with Crippen molar-refractivity contribution in [1.82, 2.24) is 25.2 Å². The molecule has 3 aliphatic rings. The molecule has 3 fully saturated rings. The van der Waals surface area contributed by atoms with Gasteiger partial charge >= 0.3 is 19.7 Å². The molecule has 0 aliphatic carbocycles. The number of amides is 3. The van der Waals surface area contributed by atoms with Crippen molar-refractivity contribution in [3.63, 3.8) is 0 Å². The van der Waals surface area contributed by atoms with Crippen LogP contribution in [0.2, 0.25) is 0 Å². The predicted molar refractivity (Wildman–Crippen MR) is 207 cm³/mol. The maximum atomic E-state index is 14.3. The molecule has 57 heavy (non-hydrogen) atoms. The molecular weight excluding hydrogens is 783 g/mol. The van der Waals surface area contributed by atoms with Crippen LogP contribution in [0.1, 0.15) is 72.2 Å². The number of carbonyl (C=O) groups is 4. The summed E-state index contributed by atoms with van der Waals surface area (Å²) in [6.45, 7) is 1.62. The standard InChI is InChI=1S/C40H43F3N5O7PS/c1-25(39(52)54-18-16-40(41,42)43)46-56(53,55-31-9-3-2-4-10-31)24-26-12-15-34-28(19-26)20-35(57-34)36(49)45-32-11-5-8-30-13-14-33(48(30)37(32)50)38(51)47-22-29(23-47)27-7-6-17-44-21-27/h2-4,6-7,9-10,12,15,17,19-21,25,29-30,32-33H,5,8,11,13-14,16,18,22-24H2,1H3,(H,45,49)(H,46,53)/t25-,30-,32-,33-,56?/m0/s1. The number of halogens is 3. The molecule has 1 unspecified atom stereocenters. The third kappa shape index (κ3) is 9.68. The van der Waals surface area contributed by atoms with Gasteiger partial charge in [0.25, 0.3) is 5.91 Å².